The first-order valence-corrected chi connectivity index (χ1v) is 5.34. The van der Waals surface area contributed by atoms with Gasteiger partial charge < -0.3 is 0 Å². The largest absolute Gasteiger partial charge is 0.325 e. The molecule has 7 nitrogen and oxygen atoms in total. The van der Waals surface area contributed by atoms with Gasteiger partial charge in [-0.2, -0.15) is 5.10 Å². The van der Waals surface area contributed by atoms with Gasteiger partial charge in [0.1, 0.15) is 12.1 Å². The number of hydrogen-bond acceptors (Lipinski definition) is 6. The zero-order valence-electron chi connectivity index (χ0n) is 8.36. The third kappa shape index (κ3) is 1.94. The van der Waals surface area contributed by atoms with E-state index in [0.717, 1.165) is 11.3 Å². The highest BCUT2D eigenvalue weighted by molar-refractivity contribution is 7.06. The summed E-state index contributed by atoms with van der Waals surface area (Å²) >= 11 is 1.06. The van der Waals surface area contributed by atoms with Gasteiger partial charge in [0, 0.05) is 0 Å². The van der Waals surface area contributed by atoms with Crippen LogP contribution in [0.3, 0.4) is 0 Å². The van der Waals surface area contributed by atoms with Crippen LogP contribution in [-0.4, -0.2) is 30.0 Å². The maximum Gasteiger partial charge on any atom is 0.325 e. The van der Waals surface area contributed by atoms with E-state index in [2.05, 4.69) is 20.6 Å². The number of rotatable bonds is 3. The molecule has 0 aromatic carbocycles. The second kappa shape index (κ2) is 3.89. The van der Waals surface area contributed by atoms with Gasteiger partial charge in [0.05, 0.1) is 6.04 Å². The molecular weight excluding hydrogens is 216 g/mol. The lowest BCUT2D eigenvalue weighted by molar-refractivity contribution is 0.478. The minimum atomic E-state index is -0.103. The van der Waals surface area contributed by atoms with Gasteiger partial charge in [0.25, 0.3) is 0 Å². The maximum atomic E-state index is 11.3. The van der Waals surface area contributed by atoms with Gasteiger partial charge in [-0.25, -0.2) is 9.36 Å². The fourth-order valence-electron chi connectivity index (χ4n) is 1.19. The van der Waals surface area contributed by atoms with E-state index >= 15 is 0 Å². The van der Waals surface area contributed by atoms with Crippen LogP contribution < -0.4 is 4.87 Å². The second-order valence-electron chi connectivity index (χ2n) is 3.30. The van der Waals surface area contributed by atoms with Crippen molar-refractivity contribution in [2.24, 2.45) is 0 Å². The summed E-state index contributed by atoms with van der Waals surface area (Å²) in [5, 5.41) is 15.2. The zero-order valence-corrected chi connectivity index (χ0v) is 9.18. The van der Waals surface area contributed by atoms with E-state index < -0.39 is 0 Å². The van der Waals surface area contributed by atoms with Gasteiger partial charge in [0.2, 0.25) is 0 Å². The van der Waals surface area contributed by atoms with Crippen molar-refractivity contribution in [1.29, 1.82) is 0 Å². The standard InChI is InChI=1S/C7H10N6OS/c1-5(2)13-6(9-10-11-13)3-12-7(14)15-4-8-12/h4-5H,3H2,1-2H3. The van der Waals surface area contributed by atoms with Crippen LogP contribution in [0.25, 0.3) is 0 Å². The number of hydrogen-bond donors (Lipinski definition) is 0. The summed E-state index contributed by atoms with van der Waals surface area (Å²) in [4.78, 5) is 11.2. The normalized spacial score (nSPS) is 11.1. The van der Waals surface area contributed by atoms with Crippen LogP contribution >= 0.6 is 11.3 Å². The molecule has 0 bridgehead atoms. The number of tetrazole rings is 1. The molecule has 0 aliphatic carbocycles. The minimum absolute atomic E-state index is 0.103. The fraction of sp³-hybridized carbons (Fsp3) is 0.571. The molecule has 2 rings (SSSR count). The molecule has 0 aliphatic heterocycles. The van der Waals surface area contributed by atoms with Crippen molar-refractivity contribution in [3.63, 3.8) is 0 Å². The molecular formula is C7H10N6OS. The third-order valence-corrected chi connectivity index (χ3v) is 2.50. The van der Waals surface area contributed by atoms with Crippen LogP contribution in [0.1, 0.15) is 25.7 Å². The predicted molar refractivity (Wildman–Crippen MR) is 53.7 cm³/mol. The van der Waals surface area contributed by atoms with Crippen molar-refractivity contribution in [3.8, 4) is 0 Å². The van der Waals surface area contributed by atoms with Crippen LogP contribution in [0, 0.1) is 0 Å². The molecule has 0 spiro atoms. The van der Waals surface area contributed by atoms with Gasteiger partial charge in [-0.1, -0.05) is 11.3 Å². The Hall–Kier alpha value is -1.57. The summed E-state index contributed by atoms with van der Waals surface area (Å²) < 4.78 is 3.01. The molecule has 0 saturated carbocycles. The Kier molecular flexibility index (Phi) is 2.58. The van der Waals surface area contributed by atoms with E-state index in [4.69, 9.17) is 0 Å². The van der Waals surface area contributed by atoms with Gasteiger partial charge >= 0.3 is 4.87 Å². The molecule has 0 aliphatic rings. The average molecular weight is 226 g/mol. The molecule has 0 fully saturated rings. The monoisotopic (exact) mass is 226 g/mol. The second-order valence-corrected chi connectivity index (χ2v) is 4.09. The summed E-state index contributed by atoms with van der Waals surface area (Å²) in [6.07, 6.45) is 0. The van der Waals surface area contributed by atoms with Gasteiger partial charge in [-0.05, 0) is 24.3 Å². The minimum Gasteiger partial charge on any atom is -0.255 e. The van der Waals surface area contributed by atoms with Crippen LogP contribution in [0.5, 0.6) is 0 Å². The summed E-state index contributed by atoms with van der Waals surface area (Å²) in [6, 6.07) is 0.171. The van der Waals surface area contributed by atoms with Crippen LogP contribution in [0.4, 0.5) is 0 Å². The zero-order chi connectivity index (χ0) is 10.8. The van der Waals surface area contributed by atoms with E-state index in [9.17, 15) is 4.79 Å². The highest BCUT2D eigenvalue weighted by Crippen LogP contribution is 2.04. The lowest BCUT2D eigenvalue weighted by Crippen LogP contribution is -2.19. The molecule has 0 unspecified atom stereocenters. The van der Waals surface area contributed by atoms with E-state index in [1.807, 2.05) is 13.8 Å². The lowest BCUT2D eigenvalue weighted by atomic mass is 10.4. The summed E-state index contributed by atoms with van der Waals surface area (Å²) in [5.41, 5.74) is 1.51. The Morgan fingerprint density at radius 2 is 2.33 bits per heavy atom. The van der Waals surface area contributed by atoms with Gasteiger partial charge in [-0.3, -0.25) is 4.79 Å². The SMILES string of the molecule is CC(C)n1nnnc1Cn1ncsc1=O. The number of aromatic nitrogens is 6. The predicted octanol–water partition coefficient (Wildman–Crippen LogP) is -0.0795. The molecule has 0 N–H and O–H groups in total. The first kappa shape index (κ1) is 9.97. The summed E-state index contributed by atoms with van der Waals surface area (Å²) in [6.45, 7) is 4.26. The van der Waals surface area contributed by atoms with Crippen molar-refractivity contribution in [1.82, 2.24) is 30.0 Å². The number of nitrogens with zero attached hydrogens (tertiary/aromatic N) is 6. The van der Waals surface area contributed by atoms with E-state index in [1.54, 1.807) is 4.68 Å². The Morgan fingerprint density at radius 1 is 1.53 bits per heavy atom. The van der Waals surface area contributed by atoms with Crippen LogP contribution in [0.15, 0.2) is 10.3 Å². The molecule has 15 heavy (non-hydrogen) atoms. The van der Waals surface area contributed by atoms with Crippen molar-refractivity contribution in [2.75, 3.05) is 0 Å². The first-order chi connectivity index (χ1) is 7.18. The fourth-order valence-corrected chi connectivity index (χ4v) is 1.67. The van der Waals surface area contributed by atoms with E-state index in [0.29, 0.717) is 12.4 Å². The molecule has 2 heterocycles. The molecule has 0 saturated heterocycles. The Morgan fingerprint density at radius 3 is 2.93 bits per heavy atom. The van der Waals surface area contributed by atoms with Crippen molar-refractivity contribution < 1.29 is 0 Å². The van der Waals surface area contributed by atoms with Gasteiger partial charge in [0.15, 0.2) is 5.82 Å². The topological polar surface area (TPSA) is 78.5 Å². The molecule has 2 aromatic rings. The third-order valence-electron chi connectivity index (χ3n) is 1.89. The van der Waals surface area contributed by atoms with Crippen molar-refractivity contribution in [2.45, 2.75) is 26.4 Å². The van der Waals surface area contributed by atoms with Crippen LogP contribution in [-0.2, 0) is 6.54 Å². The van der Waals surface area contributed by atoms with Crippen LogP contribution in [0.2, 0.25) is 0 Å². The summed E-state index contributed by atoms with van der Waals surface area (Å²) in [7, 11) is 0. The smallest absolute Gasteiger partial charge is 0.255 e. The molecule has 0 amide bonds. The van der Waals surface area contributed by atoms with Crippen molar-refractivity contribution >= 4 is 11.3 Å². The molecule has 2 aromatic heterocycles. The quantitative estimate of drug-likeness (QED) is 0.731. The molecule has 0 atom stereocenters. The average Bonchev–Trinajstić information content (AvgIpc) is 2.77. The Balaban J connectivity index is 2.29. The summed E-state index contributed by atoms with van der Waals surface area (Å²) in [5.74, 6) is 0.637. The lowest BCUT2D eigenvalue weighted by Gasteiger charge is -2.06. The maximum absolute atomic E-state index is 11.3. The Labute approximate surface area is 89.4 Å². The molecule has 0 radical (unpaired) electrons. The highest BCUT2D eigenvalue weighted by Gasteiger charge is 2.11. The van der Waals surface area contributed by atoms with Crippen molar-refractivity contribution in [3.05, 3.63) is 21.0 Å². The van der Waals surface area contributed by atoms with E-state index in [1.165, 1.54) is 10.2 Å². The Bertz CT molecular complexity index is 497. The first-order valence-electron chi connectivity index (χ1n) is 4.46. The van der Waals surface area contributed by atoms with Gasteiger partial charge in [-0.15, -0.1) is 5.10 Å². The molecule has 80 valence electrons. The highest BCUT2D eigenvalue weighted by atomic mass is 32.1. The van der Waals surface area contributed by atoms with E-state index in [-0.39, 0.29) is 10.9 Å². The molecule has 8 heteroatoms.